The minimum Gasteiger partial charge on any atom is -0.497 e. The molecule has 0 spiro atoms. The fourth-order valence-electron chi connectivity index (χ4n) is 3.75. The zero-order valence-electron chi connectivity index (χ0n) is 17.0. The first-order valence-corrected chi connectivity index (χ1v) is 9.83. The number of methoxy groups -OCH3 is 1. The number of ether oxygens (including phenoxy) is 1. The van der Waals surface area contributed by atoms with E-state index in [1.165, 1.54) is 0 Å². The van der Waals surface area contributed by atoms with Crippen molar-refractivity contribution in [2.75, 3.05) is 12.0 Å². The summed E-state index contributed by atoms with van der Waals surface area (Å²) >= 11 is 0. The summed E-state index contributed by atoms with van der Waals surface area (Å²) in [7, 11) is 1.60. The summed E-state index contributed by atoms with van der Waals surface area (Å²) in [5.41, 5.74) is 1.99. The van der Waals surface area contributed by atoms with Gasteiger partial charge in [0.1, 0.15) is 11.8 Å². The summed E-state index contributed by atoms with van der Waals surface area (Å²) < 4.78 is 5.22. The van der Waals surface area contributed by atoms with Gasteiger partial charge >= 0.3 is 0 Å². The summed E-state index contributed by atoms with van der Waals surface area (Å²) in [4.78, 5) is 14.7. The Hall–Kier alpha value is -3.55. The van der Waals surface area contributed by atoms with Gasteiger partial charge in [0.05, 0.1) is 7.11 Å². The number of aryl methyl sites for hydroxylation is 1. The lowest BCUT2D eigenvalue weighted by Gasteiger charge is -2.52. The Morgan fingerprint density at radius 3 is 2.30 bits per heavy atom. The van der Waals surface area contributed by atoms with Gasteiger partial charge in [-0.05, 0) is 48.9 Å². The van der Waals surface area contributed by atoms with E-state index in [-0.39, 0.29) is 12.3 Å². The van der Waals surface area contributed by atoms with Crippen LogP contribution in [0.5, 0.6) is 5.75 Å². The molecule has 0 saturated carbocycles. The molecule has 0 aliphatic carbocycles. The number of carbonyl (C=O) groups is 1. The van der Waals surface area contributed by atoms with Gasteiger partial charge in [-0.1, -0.05) is 59.9 Å². The third kappa shape index (κ3) is 3.56. The van der Waals surface area contributed by atoms with E-state index in [0.717, 1.165) is 16.7 Å². The van der Waals surface area contributed by atoms with E-state index in [4.69, 9.17) is 4.74 Å². The molecule has 3 aromatic rings. The number of aliphatic hydroxyl groups is 1. The Bertz CT molecular complexity index is 1100. The molecule has 1 N–H and O–H groups in total. The van der Waals surface area contributed by atoms with Crippen molar-refractivity contribution in [3.05, 3.63) is 95.6 Å². The Morgan fingerprint density at radius 1 is 1.00 bits per heavy atom. The third-order valence-corrected chi connectivity index (χ3v) is 5.41. The van der Waals surface area contributed by atoms with Crippen molar-refractivity contribution in [3.63, 3.8) is 0 Å². The molecule has 4 rings (SSSR count). The average Bonchev–Trinajstić information content (AvgIpc) is 2.78. The van der Waals surface area contributed by atoms with E-state index in [0.29, 0.717) is 11.4 Å². The highest BCUT2D eigenvalue weighted by molar-refractivity contribution is 6.08. The number of carbonyl (C=O) groups excluding carboxylic acids is 1. The van der Waals surface area contributed by atoms with Crippen LogP contribution >= 0.6 is 0 Å². The van der Waals surface area contributed by atoms with Crippen LogP contribution in [0.15, 0.2) is 78.9 Å². The highest BCUT2D eigenvalue weighted by atomic mass is 16.5. The number of nitrogens with zero attached hydrogens (tertiary/aromatic N) is 1. The number of benzene rings is 3. The second-order valence-corrected chi connectivity index (χ2v) is 7.46. The smallest absolute Gasteiger partial charge is 0.263 e. The molecule has 150 valence electrons. The van der Waals surface area contributed by atoms with Gasteiger partial charge in [-0.2, -0.15) is 0 Å². The molecule has 4 nitrogen and oxygen atoms in total. The Labute approximate surface area is 176 Å². The van der Waals surface area contributed by atoms with Crippen LogP contribution in [0.25, 0.3) is 0 Å². The maximum absolute atomic E-state index is 13.1. The highest BCUT2D eigenvalue weighted by Crippen LogP contribution is 2.48. The van der Waals surface area contributed by atoms with Crippen LogP contribution in [0, 0.1) is 18.8 Å². The zero-order chi connectivity index (χ0) is 21.1. The molecular weight excluding hydrogens is 374 g/mol. The summed E-state index contributed by atoms with van der Waals surface area (Å²) in [6.07, 6.45) is 0.0614. The number of β-lactam (4-membered cyclic amide) rings is 1. The molecular formula is C26H23NO3. The van der Waals surface area contributed by atoms with Crippen LogP contribution in [0.1, 0.15) is 29.2 Å². The summed E-state index contributed by atoms with van der Waals surface area (Å²) in [6, 6.07) is 24.2. The second-order valence-electron chi connectivity index (χ2n) is 7.46. The SMILES string of the molecule is COc1ccc(N2C(=O)[C@@](O)(CC#Cc3ccccc3)[C@@H]2c2ccc(C)cc2)cc1. The van der Waals surface area contributed by atoms with E-state index in [2.05, 4.69) is 11.8 Å². The highest BCUT2D eigenvalue weighted by Gasteiger charge is 2.60. The lowest BCUT2D eigenvalue weighted by atomic mass is 9.75. The van der Waals surface area contributed by atoms with Crippen LogP contribution in [0.2, 0.25) is 0 Å². The van der Waals surface area contributed by atoms with Crippen LogP contribution < -0.4 is 9.64 Å². The maximum Gasteiger partial charge on any atom is 0.263 e. The molecule has 1 aliphatic heterocycles. The molecule has 1 fully saturated rings. The first-order valence-electron chi connectivity index (χ1n) is 9.83. The van der Waals surface area contributed by atoms with Crippen LogP contribution in [0.4, 0.5) is 5.69 Å². The van der Waals surface area contributed by atoms with Crippen LogP contribution in [-0.4, -0.2) is 23.7 Å². The van der Waals surface area contributed by atoms with Gasteiger partial charge in [0.15, 0.2) is 5.60 Å². The van der Waals surface area contributed by atoms with E-state index in [9.17, 15) is 9.90 Å². The van der Waals surface area contributed by atoms with Crippen LogP contribution in [-0.2, 0) is 4.79 Å². The first-order chi connectivity index (χ1) is 14.5. The number of amides is 1. The quantitative estimate of drug-likeness (QED) is 0.529. The predicted molar refractivity (Wildman–Crippen MR) is 117 cm³/mol. The molecule has 4 heteroatoms. The summed E-state index contributed by atoms with van der Waals surface area (Å²) in [6.45, 7) is 2.01. The summed E-state index contributed by atoms with van der Waals surface area (Å²) in [5, 5.41) is 11.4. The number of anilines is 1. The van der Waals surface area contributed by atoms with Crippen molar-refractivity contribution in [2.45, 2.75) is 25.0 Å². The lowest BCUT2D eigenvalue weighted by molar-refractivity contribution is -0.153. The van der Waals surface area contributed by atoms with Crippen molar-refractivity contribution in [3.8, 4) is 17.6 Å². The standard InChI is InChI=1S/C26H23NO3/c1-19-10-12-21(13-11-19)24-26(29,18-6-9-20-7-4-3-5-8-20)25(28)27(24)22-14-16-23(30-2)17-15-22/h3-5,7-8,10-17,24,29H,18H2,1-2H3/t24-,26+/m0/s1. The molecule has 1 heterocycles. The van der Waals surface area contributed by atoms with Crippen molar-refractivity contribution in [1.29, 1.82) is 0 Å². The Morgan fingerprint density at radius 2 is 1.67 bits per heavy atom. The van der Waals surface area contributed by atoms with E-state index in [1.807, 2.05) is 73.7 Å². The van der Waals surface area contributed by atoms with Crippen molar-refractivity contribution < 1.29 is 14.6 Å². The maximum atomic E-state index is 13.1. The largest absolute Gasteiger partial charge is 0.497 e. The van der Waals surface area contributed by atoms with Gasteiger partial charge in [-0.25, -0.2) is 0 Å². The third-order valence-electron chi connectivity index (χ3n) is 5.41. The molecule has 0 unspecified atom stereocenters. The molecule has 1 aliphatic rings. The molecule has 0 radical (unpaired) electrons. The number of hydrogen-bond donors (Lipinski definition) is 1. The monoisotopic (exact) mass is 397 g/mol. The lowest BCUT2D eigenvalue weighted by Crippen LogP contribution is -2.68. The molecule has 0 bridgehead atoms. The Kier molecular flexibility index (Phi) is 5.31. The fraction of sp³-hybridized carbons (Fsp3) is 0.192. The minimum absolute atomic E-state index is 0.0614. The number of rotatable bonds is 4. The minimum atomic E-state index is -1.57. The molecule has 30 heavy (non-hydrogen) atoms. The second kappa shape index (κ2) is 8.06. The normalized spacial score (nSPS) is 20.2. The fourth-order valence-corrected chi connectivity index (χ4v) is 3.75. The van der Waals surface area contributed by atoms with Crippen molar-refractivity contribution >= 4 is 11.6 Å². The number of hydrogen-bond acceptors (Lipinski definition) is 3. The first kappa shape index (κ1) is 19.8. The van der Waals surface area contributed by atoms with Gasteiger partial charge in [0, 0.05) is 17.7 Å². The Balaban J connectivity index is 1.67. The van der Waals surface area contributed by atoms with Crippen LogP contribution in [0.3, 0.4) is 0 Å². The zero-order valence-corrected chi connectivity index (χ0v) is 17.0. The van der Waals surface area contributed by atoms with Gasteiger partial charge < -0.3 is 9.84 Å². The summed E-state index contributed by atoms with van der Waals surface area (Å²) in [5.74, 6) is 6.42. The van der Waals surface area contributed by atoms with E-state index in [1.54, 1.807) is 24.1 Å². The molecule has 0 aromatic heterocycles. The van der Waals surface area contributed by atoms with Gasteiger partial charge in [-0.15, -0.1) is 0 Å². The van der Waals surface area contributed by atoms with Gasteiger partial charge in [-0.3, -0.25) is 9.69 Å². The molecule has 3 aromatic carbocycles. The predicted octanol–water partition coefficient (Wildman–Crippen LogP) is 4.26. The van der Waals surface area contributed by atoms with E-state index >= 15 is 0 Å². The molecule has 2 atom stereocenters. The van der Waals surface area contributed by atoms with Gasteiger partial charge in [0.2, 0.25) is 0 Å². The average molecular weight is 397 g/mol. The molecule has 1 amide bonds. The van der Waals surface area contributed by atoms with Crippen molar-refractivity contribution in [1.82, 2.24) is 0 Å². The van der Waals surface area contributed by atoms with Crippen molar-refractivity contribution in [2.24, 2.45) is 0 Å². The van der Waals surface area contributed by atoms with Gasteiger partial charge in [0.25, 0.3) is 5.91 Å². The molecule has 1 saturated heterocycles. The van der Waals surface area contributed by atoms with E-state index < -0.39 is 11.6 Å². The topological polar surface area (TPSA) is 49.8 Å².